The van der Waals surface area contributed by atoms with Gasteiger partial charge >= 0.3 is 12.1 Å². The lowest BCUT2D eigenvalue weighted by molar-refractivity contribution is 0.0595. The van der Waals surface area contributed by atoms with Gasteiger partial charge in [0.25, 0.3) is 0 Å². The number of carbonyl (C=O) groups is 2. The van der Waals surface area contributed by atoms with E-state index in [0.29, 0.717) is 17.8 Å². The van der Waals surface area contributed by atoms with E-state index in [1.165, 1.54) is 14.2 Å². The second-order valence-electron chi connectivity index (χ2n) is 5.52. The molecule has 8 nitrogen and oxygen atoms in total. The fraction of sp³-hybridized carbons (Fsp3) is 0.235. The van der Waals surface area contributed by atoms with Crippen LogP contribution in [0.25, 0.3) is 10.8 Å². The average Bonchev–Trinajstić information content (AvgIpc) is 3.18. The number of fused-ring (bicyclic) bond motifs is 1. The second kappa shape index (κ2) is 6.78. The number of carbonyl (C=O) groups excluding carboxylic acids is 1. The zero-order chi connectivity index (χ0) is 18.0. The van der Waals surface area contributed by atoms with E-state index in [9.17, 15) is 9.59 Å². The third-order valence-corrected chi connectivity index (χ3v) is 3.80. The van der Waals surface area contributed by atoms with Crippen LogP contribution in [0.4, 0.5) is 4.79 Å². The van der Waals surface area contributed by atoms with Crippen molar-refractivity contribution in [3.8, 4) is 0 Å². The molecule has 0 amide bonds. The molecule has 3 rings (SSSR count). The topological polar surface area (TPSA) is 95.6 Å². The molecule has 25 heavy (non-hydrogen) atoms. The fourth-order valence-electron chi connectivity index (χ4n) is 2.65. The number of methoxy groups -OCH3 is 2. The predicted octanol–water partition coefficient (Wildman–Crippen LogP) is 2.35. The second-order valence-corrected chi connectivity index (χ2v) is 5.52. The van der Waals surface area contributed by atoms with Gasteiger partial charge in [-0.15, -0.1) is 0 Å². The molecule has 2 heterocycles. The molecule has 0 bridgehead atoms. The van der Waals surface area contributed by atoms with Gasteiger partial charge in [-0.1, -0.05) is 12.1 Å². The largest absolute Gasteiger partial charge is 0.465 e. The van der Waals surface area contributed by atoms with E-state index in [1.807, 2.05) is 18.2 Å². The predicted molar refractivity (Wildman–Crippen MR) is 88.7 cm³/mol. The summed E-state index contributed by atoms with van der Waals surface area (Å²) in [6, 6.07) is 5.64. The van der Waals surface area contributed by atoms with Gasteiger partial charge in [-0.2, -0.15) is 5.10 Å². The summed E-state index contributed by atoms with van der Waals surface area (Å²) in [6.45, 7) is 0.639. The van der Waals surface area contributed by atoms with E-state index >= 15 is 0 Å². The zero-order valence-corrected chi connectivity index (χ0v) is 13.8. The molecule has 0 radical (unpaired) electrons. The maximum atomic E-state index is 11.8. The van der Waals surface area contributed by atoms with Crippen molar-refractivity contribution in [2.45, 2.75) is 13.2 Å². The Kier molecular flexibility index (Phi) is 4.53. The Morgan fingerprint density at radius 1 is 1.16 bits per heavy atom. The Labute approximate surface area is 143 Å². The molecule has 0 fully saturated rings. The third kappa shape index (κ3) is 3.38. The smallest absolute Gasteiger partial charge is 0.415 e. The number of ether oxygens (including phenoxy) is 2. The maximum Gasteiger partial charge on any atom is 0.415 e. The van der Waals surface area contributed by atoms with Gasteiger partial charge in [0.1, 0.15) is 11.3 Å². The number of hydrogen-bond donors (Lipinski definition) is 1. The quantitative estimate of drug-likeness (QED) is 0.715. The average molecular weight is 343 g/mol. The molecule has 130 valence electrons. The summed E-state index contributed by atoms with van der Waals surface area (Å²) in [4.78, 5) is 22.9. The SMILES string of the molecule is COCc1nn(Cc2ccc3cn(C(=O)O)cc3c2)cc1C(=O)OC. The minimum absolute atomic E-state index is 0.206. The Bertz CT molecular complexity index is 941. The van der Waals surface area contributed by atoms with Crippen molar-refractivity contribution >= 4 is 22.8 Å². The van der Waals surface area contributed by atoms with Gasteiger partial charge in [0.2, 0.25) is 0 Å². The van der Waals surface area contributed by atoms with E-state index in [1.54, 1.807) is 23.3 Å². The Morgan fingerprint density at radius 2 is 1.92 bits per heavy atom. The van der Waals surface area contributed by atoms with Gasteiger partial charge < -0.3 is 14.6 Å². The van der Waals surface area contributed by atoms with Gasteiger partial charge in [-0.25, -0.2) is 9.59 Å². The molecule has 3 aromatic rings. The van der Waals surface area contributed by atoms with Crippen LogP contribution in [0.1, 0.15) is 21.6 Å². The van der Waals surface area contributed by atoms with Gasteiger partial charge in [0.15, 0.2) is 0 Å². The Hall–Kier alpha value is -3.13. The fourth-order valence-corrected chi connectivity index (χ4v) is 2.65. The number of esters is 1. The van der Waals surface area contributed by atoms with Crippen molar-refractivity contribution in [3.05, 3.63) is 53.6 Å². The number of aromatic nitrogens is 3. The minimum atomic E-state index is -1.03. The third-order valence-electron chi connectivity index (χ3n) is 3.80. The summed E-state index contributed by atoms with van der Waals surface area (Å²) in [7, 11) is 2.85. The molecule has 0 saturated carbocycles. The van der Waals surface area contributed by atoms with Crippen LogP contribution in [0.15, 0.2) is 36.8 Å². The standard InChI is InChI=1S/C17H17N3O5/c1-24-10-15-14(16(21)25-2)9-20(18-15)6-11-3-4-12-7-19(17(22)23)8-13(12)5-11/h3-5,7-9H,6,10H2,1-2H3,(H,22,23). The molecule has 2 aromatic heterocycles. The molecular weight excluding hydrogens is 326 g/mol. The van der Waals surface area contributed by atoms with Crippen molar-refractivity contribution in [1.82, 2.24) is 14.3 Å². The van der Waals surface area contributed by atoms with E-state index in [-0.39, 0.29) is 6.61 Å². The molecule has 0 aliphatic carbocycles. The summed E-state index contributed by atoms with van der Waals surface area (Å²) >= 11 is 0. The van der Waals surface area contributed by atoms with Crippen LogP contribution in [0.5, 0.6) is 0 Å². The molecule has 0 unspecified atom stereocenters. The number of hydrogen-bond acceptors (Lipinski definition) is 5. The minimum Gasteiger partial charge on any atom is -0.465 e. The first kappa shape index (κ1) is 16.7. The summed E-state index contributed by atoms with van der Waals surface area (Å²) in [5.41, 5.74) is 1.80. The summed E-state index contributed by atoms with van der Waals surface area (Å²) in [5.74, 6) is -0.465. The lowest BCUT2D eigenvalue weighted by atomic mass is 10.1. The van der Waals surface area contributed by atoms with Crippen LogP contribution >= 0.6 is 0 Å². The lowest BCUT2D eigenvalue weighted by Crippen LogP contribution is -2.04. The molecule has 1 N–H and O–H groups in total. The normalized spacial score (nSPS) is 11.0. The Balaban J connectivity index is 1.90. The summed E-state index contributed by atoms with van der Waals surface area (Å²) < 4.78 is 12.6. The van der Waals surface area contributed by atoms with E-state index in [0.717, 1.165) is 20.9 Å². The van der Waals surface area contributed by atoms with Gasteiger partial charge in [0.05, 0.1) is 20.3 Å². The molecule has 0 saturated heterocycles. The van der Waals surface area contributed by atoms with Crippen LogP contribution in [0, 0.1) is 0 Å². The monoisotopic (exact) mass is 343 g/mol. The van der Waals surface area contributed by atoms with E-state index in [4.69, 9.17) is 14.6 Å². The van der Waals surface area contributed by atoms with Crippen molar-refractivity contribution < 1.29 is 24.2 Å². The highest BCUT2D eigenvalue weighted by Gasteiger charge is 2.17. The highest BCUT2D eigenvalue weighted by Crippen LogP contribution is 2.19. The van der Waals surface area contributed by atoms with Crippen molar-refractivity contribution in [1.29, 1.82) is 0 Å². The summed E-state index contributed by atoms with van der Waals surface area (Å²) in [6.07, 6.45) is 3.70. The van der Waals surface area contributed by atoms with Crippen molar-refractivity contribution in [3.63, 3.8) is 0 Å². The molecule has 0 aliphatic rings. The van der Waals surface area contributed by atoms with Crippen molar-refractivity contribution in [2.75, 3.05) is 14.2 Å². The Morgan fingerprint density at radius 3 is 2.60 bits per heavy atom. The number of carboxylic acid groups (broad SMARTS) is 1. The first-order valence-electron chi connectivity index (χ1n) is 7.49. The lowest BCUT2D eigenvalue weighted by Gasteiger charge is -2.02. The van der Waals surface area contributed by atoms with Crippen molar-refractivity contribution in [2.24, 2.45) is 0 Å². The zero-order valence-electron chi connectivity index (χ0n) is 13.8. The highest BCUT2D eigenvalue weighted by atomic mass is 16.5. The number of rotatable bonds is 5. The molecule has 0 aliphatic heterocycles. The first-order valence-corrected chi connectivity index (χ1v) is 7.49. The number of benzene rings is 1. The maximum absolute atomic E-state index is 11.8. The van der Waals surface area contributed by atoms with Crippen LogP contribution in [0.3, 0.4) is 0 Å². The summed E-state index contributed by atoms with van der Waals surface area (Å²) in [5, 5.41) is 15.1. The van der Waals surface area contributed by atoms with Gasteiger partial charge in [0, 0.05) is 31.1 Å². The van der Waals surface area contributed by atoms with Crippen LogP contribution in [-0.4, -0.2) is 45.7 Å². The molecular formula is C17H17N3O5. The van der Waals surface area contributed by atoms with Gasteiger partial charge in [-0.05, 0) is 17.0 Å². The molecule has 1 aromatic carbocycles. The van der Waals surface area contributed by atoms with Gasteiger partial charge in [-0.3, -0.25) is 9.25 Å². The van der Waals surface area contributed by atoms with Crippen LogP contribution < -0.4 is 0 Å². The van der Waals surface area contributed by atoms with Crippen LogP contribution in [0.2, 0.25) is 0 Å². The molecule has 0 spiro atoms. The highest BCUT2D eigenvalue weighted by molar-refractivity contribution is 5.90. The van der Waals surface area contributed by atoms with E-state index < -0.39 is 12.1 Å². The first-order chi connectivity index (χ1) is 12.0. The van der Waals surface area contributed by atoms with E-state index in [2.05, 4.69) is 5.10 Å². The molecule has 8 heteroatoms. The van der Waals surface area contributed by atoms with Crippen LogP contribution in [-0.2, 0) is 22.6 Å². The molecule has 0 atom stereocenters. The number of nitrogens with zero attached hydrogens (tertiary/aromatic N) is 3.